The second kappa shape index (κ2) is 9.19. The van der Waals surface area contributed by atoms with Gasteiger partial charge in [-0.05, 0) is 81.0 Å². The van der Waals surface area contributed by atoms with Crippen molar-refractivity contribution in [2.24, 2.45) is 17.8 Å². The first kappa shape index (κ1) is 18.9. The van der Waals surface area contributed by atoms with E-state index in [-0.39, 0.29) is 11.9 Å². The Kier molecular flexibility index (Phi) is 6.68. The number of carbonyl (C=O) groups excluding carboxylic acids is 1. The molecule has 2 fully saturated rings. The molecule has 0 spiro atoms. The maximum Gasteiger partial charge on any atom is 0.314 e. The van der Waals surface area contributed by atoms with Crippen LogP contribution >= 0.6 is 0 Å². The predicted molar refractivity (Wildman–Crippen MR) is 99.6 cm³/mol. The van der Waals surface area contributed by atoms with Gasteiger partial charge in [-0.25, -0.2) is 0 Å². The molecule has 1 aromatic rings. The Balaban J connectivity index is 1.47. The molecule has 4 heteroatoms. The molecule has 2 aliphatic rings. The van der Waals surface area contributed by atoms with Crippen molar-refractivity contribution in [3.63, 3.8) is 0 Å². The molecule has 26 heavy (non-hydrogen) atoms. The minimum atomic E-state index is -0.116. The summed E-state index contributed by atoms with van der Waals surface area (Å²) < 4.78 is 11.6. The lowest BCUT2D eigenvalue weighted by molar-refractivity contribution is -0.141. The smallest absolute Gasteiger partial charge is 0.314 e. The molecule has 0 amide bonds. The summed E-state index contributed by atoms with van der Waals surface area (Å²) in [4.78, 5) is 12.5. The van der Waals surface area contributed by atoms with E-state index in [4.69, 9.17) is 14.7 Å². The zero-order chi connectivity index (χ0) is 18.4. The van der Waals surface area contributed by atoms with Crippen molar-refractivity contribution in [1.82, 2.24) is 0 Å². The third-order valence-corrected chi connectivity index (χ3v) is 5.95. The van der Waals surface area contributed by atoms with Crippen LogP contribution in [-0.2, 0) is 9.53 Å². The Morgan fingerprint density at radius 1 is 1.12 bits per heavy atom. The first-order chi connectivity index (χ1) is 12.7. The number of benzene rings is 1. The molecule has 0 N–H and O–H groups in total. The summed E-state index contributed by atoms with van der Waals surface area (Å²) in [7, 11) is 0. The second-order valence-electron chi connectivity index (χ2n) is 7.75. The molecule has 0 aromatic heterocycles. The molecule has 3 rings (SSSR count). The average molecular weight is 355 g/mol. The summed E-state index contributed by atoms with van der Waals surface area (Å²) >= 11 is 0. The molecule has 140 valence electrons. The molecule has 2 aliphatic carbocycles. The fourth-order valence-corrected chi connectivity index (χ4v) is 4.40. The Hall–Kier alpha value is -1.86. The fraction of sp³-hybridized carbons (Fsp3) is 0.636. The third kappa shape index (κ3) is 4.86. The van der Waals surface area contributed by atoms with E-state index in [0.717, 1.165) is 45.1 Å². The van der Waals surface area contributed by atoms with Gasteiger partial charge in [0.05, 0.1) is 23.7 Å². The lowest BCUT2D eigenvalue weighted by Crippen LogP contribution is -2.37. The Morgan fingerprint density at radius 3 is 2.58 bits per heavy atom. The minimum absolute atomic E-state index is 0.00412. The van der Waals surface area contributed by atoms with Crippen LogP contribution in [0, 0.1) is 29.1 Å². The van der Waals surface area contributed by atoms with Gasteiger partial charge in [-0.2, -0.15) is 5.26 Å². The highest BCUT2D eigenvalue weighted by Gasteiger charge is 2.38. The molecule has 0 heterocycles. The quantitative estimate of drug-likeness (QED) is 0.415. The van der Waals surface area contributed by atoms with E-state index in [1.807, 2.05) is 0 Å². The number of rotatable bonds is 6. The molecular formula is C22H29NO3. The maximum atomic E-state index is 12.5. The Labute approximate surface area is 156 Å². The monoisotopic (exact) mass is 355 g/mol. The number of hydrogen-bond donors (Lipinski definition) is 0. The van der Waals surface area contributed by atoms with Gasteiger partial charge in [0.15, 0.2) is 0 Å². The van der Waals surface area contributed by atoms with E-state index in [2.05, 4.69) is 13.0 Å². The Bertz CT molecular complexity index is 634. The van der Waals surface area contributed by atoms with E-state index in [9.17, 15) is 4.79 Å². The second-order valence-corrected chi connectivity index (χ2v) is 7.75. The van der Waals surface area contributed by atoms with Crippen molar-refractivity contribution in [3.8, 4) is 11.8 Å². The number of ether oxygens (including phenoxy) is 2. The third-order valence-electron chi connectivity index (χ3n) is 5.95. The van der Waals surface area contributed by atoms with Gasteiger partial charge in [0, 0.05) is 6.61 Å². The molecule has 4 unspecified atom stereocenters. The number of hydrogen-bond acceptors (Lipinski definition) is 4. The minimum Gasteiger partial charge on any atom is -0.426 e. The summed E-state index contributed by atoms with van der Waals surface area (Å²) in [5, 5.41) is 8.84. The van der Waals surface area contributed by atoms with Crippen molar-refractivity contribution in [2.45, 2.75) is 64.4 Å². The molecule has 0 aliphatic heterocycles. The van der Waals surface area contributed by atoms with Crippen molar-refractivity contribution >= 4 is 5.97 Å². The first-order valence-electron chi connectivity index (χ1n) is 10.0. The van der Waals surface area contributed by atoms with Gasteiger partial charge in [0.1, 0.15) is 5.75 Å². The first-order valence-corrected chi connectivity index (χ1v) is 10.0. The highest BCUT2D eigenvalue weighted by molar-refractivity contribution is 5.75. The topological polar surface area (TPSA) is 59.3 Å². The number of nitrogens with zero attached hydrogens (tertiary/aromatic N) is 1. The van der Waals surface area contributed by atoms with Crippen LogP contribution < -0.4 is 4.74 Å². The number of nitriles is 1. The maximum absolute atomic E-state index is 12.5. The van der Waals surface area contributed by atoms with Crippen LogP contribution in [-0.4, -0.2) is 18.7 Å². The van der Waals surface area contributed by atoms with Crippen LogP contribution in [0.1, 0.15) is 63.9 Å². The van der Waals surface area contributed by atoms with Crippen LogP contribution in [0.15, 0.2) is 24.3 Å². The van der Waals surface area contributed by atoms with E-state index < -0.39 is 0 Å². The summed E-state index contributed by atoms with van der Waals surface area (Å²) in [5.41, 5.74) is 0.572. The molecule has 1 aromatic carbocycles. The van der Waals surface area contributed by atoms with E-state index in [0.29, 0.717) is 29.3 Å². The highest BCUT2D eigenvalue weighted by Crippen LogP contribution is 2.43. The summed E-state index contributed by atoms with van der Waals surface area (Å²) in [5.74, 6) is 1.76. The van der Waals surface area contributed by atoms with Crippen LogP contribution in [0.2, 0.25) is 0 Å². The summed E-state index contributed by atoms with van der Waals surface area (Å²) in [6.45, 7) is 3.08. The number of unbranched alkanes of at least 4 members (excludes halogenated alkanes) is 1. The molecule has 4 nitrogen and oxygen atoms in total. The van der Waals surface area contributed by atoms with Crippen molar-refractivity contribution in [3.05, 3.63) is 29.8 Å². The number of esters is 1. The van der Waals surface area contributed by atoms with Gasteiger partial charge < -0.3 is 9.47 Å². The molecule has 4 atom stereocenters. The molecular weight excluding hydrogens is 326 g/mol. The van der Waals surface area contributed by atoms with Crippen LogP contribution in [0.3, 0.4) is 0 Å². The lowest BCUT2D eigenvalue weighted by atomic mass is 9.67. The zero-order valence-electron chi connectivity index (χ0n) is 15.7. The van der Waals surface area contributed by atoms with E-state index >= 15 is 0 Å². The van der Waals surface area contributed by atoms with Gasteiger partial charge in [-0.3, -0.25) is 4.79 Å². The molecule has 0 saturated heterocycles. The lowest BCUT2D eigenvalue weighted by Gasteiger charge is -2.41. The van der Waals surface area contributed by atoms with Crippen LogP contribution in [0.4, 0.5) is 0 Å². The molecule has 0 bridgehead atoms. The normalized spacial score (nSPS) is 28.0. The van der Waals surface area contributed by atoms with E-state index in [1.165, 1.54) is 12.8 Å². The van der Waals surface area contributed by atoms with Crippen molar-refractivity contribution in [1.29, 1.82) is 5.26 Å². The SMILES string of the molecule is CCCCOC1CCC2CC(C(=O)Oc3ccc(C#N)cc3)CCC2C1. The average Bonchev–Trinajstić information content (AvgIpc) is 2.68. The van der Waals surface area contributed by atoms with E-state index in [1.54, 1.807) is 24.3 Å². The van der Waals surface area contributed by atoms with Gasteiger partial charge in [0.2, 0.25) is 0 Å². The fourth-order valence-electron chi connectivity index (χ4n) is 4.40. The number of carbonyl (C=O) groups is 1. The summed E-state index contributed by atoms with van der Waals surface area (Å²) in [6, 6.07) is 8.82. The van der Waals surface area contributed by atoms with Crippen molar-refractivity contribution < 1.29 is 14.3 Å². The summed E-state index contributed by atoms with van der Waals surface area (Å²) in [6.07, 6.45) is 9.17. The van der Waals surface area contributed by atoms with Gasteiger partial charge in [-0.15, -0.1) is 0 Å². The Morgan fingerprint density at radius 2 is 1.85 bits per heavy atom. The van der Waals surface area contributed by atoms with Gasteiger partial charge in [-0.1, -0.05) is 13.3 Å². The molecule has 2 saturated carbocycles. The predicted octanol–water partition coefficient (Wildman–Crippen LogP) is 4.87. The molecule has 0 radical (unpaired) electrons. The number of fused-ring (bicyclic) bond motifs is 1. The zero-order valence-corrected chi connectivity index (χ0v) is 15.7. The van der Waals surface area contributed by atoms with Crippen LogP contribution in [0.5, 0.6) is 5.75 Å². The van der Waals surface area contributed by atoms with Crippen molar-refractivity contribution in [2.75, 3.05) is 6.61 Å². The van der Waals surface area contributed by atoms with Crippen LogP contribution in [0.25, 0.3) is 0 Å². The van der Waals surface area contributed by atoms with Gasteiger partial charge in [0.25, 0.3) is 0 Å². The van der Waals surface area contributed by atoms with Gasteiger partial charge >= 0.3 is 5.97 Å². The highest BCUT2D eigenvalue weighted by atomic mass is 16.5. The largest absolute Gasteiger partial charge is 0.426 e. The standard InChI is InChI=1S/C22H29NO3/c1-2-3-12-25-21-11-8-17-13-19(7-6-18(17)14-21)22(24)26-20-9-4-16(15-23)5-10-20/h4-5,9-10,17-19,21H,2-3,6-8,11-14H2,1H3.